The first-order valence-electron chi connectivity index (χ1n) is 7.79. The lowest BCUT2D eigenvalue weighted by molar-refractivity contribution is -0.129. The van der Waals surface area contributed by atoms with Crippen LogP contribution in [0.2, 0.25) is 0 Å². The normalized spacial score (nSPS) is 17.2. The number of hydrogen-bond donors (Lipinski definition) is 0. The number of carbonyl (C=O) groups excluding carboxylic acids is 1. The summed E-state index contributed by atoms with van der Waals surface area (Å²) in [6.07, 6.45) is 1.66. The number of cyclic esters (lactones) is 1. The van der Waals surface area contributed by atoms with Gasteiger partial charge in [0.25, 0.3) is 0 Å². The van der Waals surface area contributed by atoms with E-state index in [1.54, 1.807) is 19.3 Å². The Kier molecular flexibility index (Phi) is 3.85. The predicted octanol–water partition coefficient (Wildman–Crippen LogP) is 2.81. The monoisotopic (exact) mass is 337 g/mol. The third kappa shape index (κ3) is 3.06. The van der Waals surface area contributed by atoms with E-state index in [-0.39, 0.29) is 11.6 Å². The first kappa shape index (κ1) is 15.3. The summed E-state index contributed by atoms with van der Waals surface area (Å²) in [5.74, 6) is 1.79. The Morgan fingerprint density at radius 3 is 2.76 bits per heavy atom. The topological polar surface area (TPSA) is 66.3 Å². The van der Waals surface area contributed by atoms with Crippen LogP contribution < -0.4 is 14.2 Å². The van der Waals surface area contributed by atoms with Crippen molar-refractivity contribution in [2.75, 3.05) is 20.3 Å². The van der Waals surface area contributed by atoms with Gasteiger partial charge in [-0.05, 0) is 42.0 Å². The third-order valence-electron chi connectivity index (χ3n) is 3.81. The molecular weight excluding hydrogens is 322 g/mol. The van der Waals surface area contributed by atoms with Crippen molar-refractivity contribution < 1.29 is 23.7 Å². The number of esters is 1. The van der Waals surface area contributed by atoms with Crippen LogP contribution in [0.15, 0.2) is 53.2 Å². The molecule has 6 heteroatoms. The zero-order chi connectivity index (χ0) is 17.2. The molecule has 126 valence electrons. The minimum atomic E-state index is -0.493. The number of hydrogen-bond acceptors (Lipinski definition) is 6. The molecule has 0 amide bonds. The molecule has 0 aliphatic carbocycles. The average molecular weight is 337 g/mol. The van der Waals surface area contributed by atoms with Crippen molar-refractivity contribution in [3.63, 3.8) is 0 Å². The Bertz CT molecular complexity index is 900. The molecule has 0 fully saturated rings. The largest absolute Gasteiger partial charge is 0.497 e. The molecule has 0 spiro atoms. The summed E-state index contributed by atoms with van der Waals surface area (Å²) in [7, 11) is 1.58. The summed E-state index contributed by atoms with van der Waals surface area (Å²) in [4.78, 5) is 16.4. The number of benzene rings is 2. The zero-order valence-electron chi connectivity index (χ0n) is 13.5. The Balaban J connectivity index is 1.64. The Morgan fingerprint density at radius 2 is 1.92 bits per heavy atom. The van der Waals surface area contributed by atoms with E-state index in [0.717, 1.165) is 5.56 Å². The first-order valence-corrected chi connectivity index (χ1v) is 7.79. The van der Waals surface area contributed by atoms with E-state index in [1.165, 1.54) is 0 Å². The zero-order valence-corrected chi connectivity index (χ0v) is 13.5. The molecule has 0 N–H and O–H groups in total. The molecule has 0 bridgehead atoms. The van der Waals surface area contributed by atoms with Crippen molar-refractivity contribution >= 4 is 17.9 Å². The summed E-state index contributed by atoms with van der Waals surface area (Å²) in [5.41, 5.74) is 1.69. The van der Waals surface area contributed by atoms with E-state index in [9.17, 15) is 4.79 Å². The lowest BCUT2D eigenvalue weighted by Crippen LogP contribution is -2.15. The SMILES string of the molecule is COc1cccc(C2=N/C(=C\c3ccc4c(c3)OCCO4)C(=O)O2)c1. The van der Waals surface area contributed by atoms with Gasteiger partial charge in [0.2, 0.25) is 5.90 Å². The molecule has 0 radical (unpaired) electrons. The first-order chi connectivity index (χ1) is 12.2. The van der Waals surface area contributed by atoms with Gasteiger partial charge in [0.15, 0.2) is 17.2 Å². The summed E-state index contributed by atoms with van der Waals surface area (Å²) < 4.78 is 21.5. The Labute approximate surface area is 144 Å². The van der Waals surface area contributed by atoms with Gasteiger partial charge in [0.05, 0.1) is 7.11 Å². The molecule has 2 aromatic rings. The molecule has 2 heterocycles. The number of rotatable bonds is 3. The maximum absolute atomic E-state index is 12.1. The average Bonchev–Trinajstić information content (AvgIpc) is 3.02. The van der Waals surface area contributed by atoms with Gasteiger partial charge in [0, 0.05) is 5.56 Å². The highest BCUT2D eigenvalue weighted by atomic mass is 16.6. The highest BCUT2D eigenvalue weighted by Gasteiger charge is 2.24. The van der Waals surface area contributed by atoms with Crippen molar-refractivity contribution in [2.45, 2.75) is 0 Å². The number of aliphatic imine (C=N–C) groups is 1. The van der Waals surface area contributed by atoms with E-state index in [4.69, 9.17) is 18.9 Å². The third-order valence-corrected chi connectivity index (χ3v) is 3.81. The molecule has 4 rings (SSSR count). The molecule has 0 saturated carbocycles. The van der Waals surface area contributed by atoms with Gasteiger partial charge >= 0.3 is 5.97 Å². The second kappa shape index (κ2) is 6.32. The molecule has 2 aliphatic heterocycles. The van der Waals surface area contributed by atoms with Gasteiger partial charge in [-0.1, -0.05) is 12.1 Å². The van der Waals surface area contributed by atoms with Gasteiger partial charge in [-0.3, -0.25) is 0 Å². The van der Waals surface area contributed by atoms with Crippen LogP contribution in [0.25, 0.3) is 6.08 Å². The molecule has 6 nitrogen and oxygen atoms in total. The molecule has 0 saturated heterocycles. The molecule has 0 aromatic heterocycles. The lowest BCUT2D eigenvalue weighted by atomic mass is 10.1. The van der Waals surface area contributed by atoms with Crippen LogP contribution in [-0.2, 0) is 9.53 Å². The fraction of sp³-hybridized carbons (Fsp3) is 0.158. The van der Waals surface area contributed by atoms with Crippen molar-refractivity contribution in [2.24, 2.45) is 4.99 Å². The molecule has 0 atom stereocenters. The lowest BCUT2D eigenvalue weighted by Gasteiger charge is -2.18. The van der Waals surface area contributed by atoms with Crippen LogP contribution in [0.4, 0.5) is 0 Å². The minimum Gasteiger partial charge on any atom is -0.497 e. The van der Waals surface area contributed by atoms with Crippen LogP contribution in [0.3, 0.4) is 0 Å². The van der Waals surface area contributed by atoms with Crippen molar-refractivity contribution in [1.82, 2.24) is 0 Å². The van der Waals surface area contributed by atoms with Gasteiger partial charge in [-0.15, -0.1) is 0 Å². The van der Waals surface area contributed by atoms with Crippen LogP contribution in [0.5, 0.6) is 17.2 Å². The number of carbonyl (C=O) groups is 1. The van der Waals surface area contributed by atoms with E-state index in [1.807, 2.05) is 36.4 Å². The molecule has 0 unspecified atom stereocenters. The Morgan fingerprint density at radius 1 is 1.08 bits per heavy atom. The quantitative estimate of drug-likeness (QED) is 0.636. The van der Waals surface area contributed by atoms with E-state index in [2.05, 4.69) is 4.99 Å². The second-order valence-corrected chi connectivity index (χ2v) is 5.47. The summed E-state index contributed by atoms with van der Waals surface area (Å²) in [6.45, 7) is 1.04. The van der Waals surface area contributed by atoms with Gasteiger partial charge in [0.1, 0.15) is 19.0 Å². The Hall–Kier alpha value is -3.28. The highest BCUT2D eigenvalue weighted by molar-refractivity contribution is 6.13. The summed E-state index contributed by atoms with van der Waals surface area (Å²) >= 11 is 0. The van der Waals surface area contributed by atoms with Crippen LogP contribution >= 0.6 is 0 Å². The standard InChI is InChI=1S/C19H15NO5/c1-22-14-4-2-3-13(11-14)18-20-15(19(21)25-18)9-12-5-6-16-17(10-12)24-8-7-23-16/h2-6,9-11H,7-8H2,1H3/b15-9-. The minimum absolute atomic E-state index is 0.231. The highest BCUT2D eigenvalue weighted by Crippen LogP contribution is 2.32. The summed E-state index contributed by atoms with van der Waals surface area (Å²) in [5, 5.41) is 0. The number of methoxy groups -OCH3 is 1. The molecule has 2 aliphatic rings. The molecular formula is C19H15NO5. The fourth-order valence-corrected chi connectivity index (χ4v) is 2.60. The van der Waals surface area contributed by atoms with Crippen LogP contribution in [0, 0.1) is 0 Å². The van der Waals surface area contributed by atoms with Gasteiger partial charge < -0.3 is 18.9 Å². The molecule has 2 aromatic carbocycles. The smallest absolute Gasteiger partial charge is 0.363 e. The maximum atomic E-state index is 12.1. The van der Waals surface area contributed by atoms with Crippen molar-refractivity contribution in [1.29, 1.82) is 0 Å². The predicted molar refractivity (Wildman–Crippen MR) is 91.0 cm³/mol. The number of nitrogens with zero attached hydrogens (tertiary/aromatic N) is 1. The van der Waals surface area contributed by atoms with Crippen LogP contribution in [0.1, 0.15) is 11.1 Å². The van der Waals surface area contributed by atoms with E-state index in [0.29, 0.717) is 36.0 Å². The van der Waals surface area contributed by atoms with Gasteiger partial charge in [-0.2, -0.15) is 0 Å². The maximum Gasteiger partial charge on any atom is 0.363 e. The van der Waals surface area contributed by atoms with Crippen molar-refractivity contribution in [3.8, 4) is 17.2 Å². The van der Waals surface area contributed by atoms with E-state index < -0.39 is 5.97 Å². The fourth-order valence-electron chi connectivity index (χ4n) is 2.60. The van der Waals surface area contributed by atoms with Gasteiger partial charge in [-0.25, -0.2) is 9.79 Å². The molecule has 25 heavy (non-hydrogen) atoms. The second-order valence-electron chi connectivity index (χ2n) is 5.47. The van der Waals surface area contributed by atoms with E-state index >= 15 is 0 Å². The number of ether oxygens (including phenoxy) is 4. The van der Waals surface area contributed by atoms with Crippen LogP contribution in [-0.4, -0.2) is 32.2 Å². The number of fused-ring (bicyclic) bond motifs is 1. The summed E-state index contributed by atoms with van der Waals surface area (Å²) in [6, 6.07) is 12.7. The van der Waals surface area contributed by atoms with Crippen molar-refractivity contribution in [3.05, 3.63) is 59.3 Å².